The van der Waals surface area contributed by atoms with Gasteiger partial charge in [-0.2, -0.15) is 11.8 Å². The van der Waals surface area contributed by atoms with Crippen LogP contribution < -0.4 is 0 Å². The quantitative estimate of drug-likeness (QED) is 0.921. The maximum atomic E-state index is 12.5. The molecule has 0 aromatic heterocycles. The van der Waals surface area contributed by atoms with Crippen molar-refractivity contribution >= 4 is 29.3 Å². The lowest BCUT2D eigenvalue weighted by Gasteiger charge is -2.36. The van der Waals surface area contributed by atoms with E-state index in [-0.39, 0.29) is 24.3 Å². The van der Waals surface area contributed by atoms with Gasteiger partial charge in [-0.1, -0.05) is 37.6 Å². The van der Waals surface area contributed by atoms with Crippen LogP contribution in [-0.2, 0) is 4.79 Å². The third-order valence-corrected chi connectivity index (χ3v) is 5.13. The number of carbonyl (C=O) groups excluding carboxylic acids is 1. The Balaban J connectivity index is 2.11. The Labute approximate surface area is 135 Å². The minimum atomic E-state index is -0.571. The third-order valence-electron chi connectivity index (χ3n) is 3.86. The summed E-state index contributed by atoms with van der Waals surface area (Å²) in [5.74, 6) is 1.98. The zero-order valence-electron chi connectivity index (χ0n) is 12.5. The number of halogens is 1. The molecule has 1 N–H and O–H groups in total. The normalized spacial score (nSPS) is 20.6. The minimum Gasteiger partial charge on any atom is -0.392 e. The van der Waals surface area contributed by atoms with E-state index in [4.69, 9.17) is 11.6 Å². The molecule has 0 bridgehead atoms. The highest BCUT2D eigenvalue weighted by Crippen LogP contribution is 2.31. The van der Waals surface area contributed by atoms with E-state index in [9.17, 15) is 9.90 Å². The van der Waals surface area contributed by atoms with E-state index < -0.39 is 6.10 Å². The Bertz CT molecular complexity index is 478. The first-order valence-corrected chi connectivity index (χ1v) is 8.83. The number of nitrogens with zero attached hydrogens (tertiary/aromatic N) is 1. The number of hydrogen-bond donors (Lipinski definition) is 1. The maximum Gasteiger partial charge on any atom is 0.225 e. The topological polar surface area (TPSA) is 40.5 Å². The summed E-state index contributed by atoms with van der Waals surface area (Å²) in [5.41, 5.74) is 1.11. The van der Waals surface area contributed by atoms with Crippen LogP contribution in [0.5, 0.6) is 0 Å². The van der Waals surface area contributed by atoms with E-state index in [1.54, 1.807) is 0 Å². The van der Waals surface area contributed by atoms with Gasteiger partial charge in [0.25, 0.3) is 0 Å². The van der Waals surface area contributed by atoms with Gasteiger partial charge in [0.15, 0.2) is 0 Å². The van der Waals surface area contributed by atoms with E-state index in [0.29, 0.717) is 5.02 Å². The van der Waals surface area contributed by atoms with Crippen molar-refractivity contribution in [3.8, 4) is 0 Å². The Morgan fingerprint density at radius 2 is 2.10 bits per heavy atom. The molecule has 2 unspecified atom stereocenters. The molecule has 2 rings (SSSR count). The van der Waals surface area contributed by atoms with Gasteiger partial charge in [0.05, 0.1) is 18.6 Å². The SMILES string of the molecule is CC(C)C(O)CC(=O)N1CCSCC1c1ccc(Cl)cc1. The van der Waals surface area contributed by atoms with Crippen molar-refractivity contribution in [3.05, 3.63) is 34.9 Å². The summed E-state index contributed by atoms with van der Waals surface area (Å²) in [6.07, 6.45) is -0.371. The molecule has 0 radical (unpaired) electrons. The summed E-state index contributed by atoms with van der Waals surface area (Å²) in [6.45, 7) is 4.60. The second-order valence-electron chi connectivity index (χ2n) is 5.74. The van der Waals surface area contributed by atoms with E-state index in [1.165, 1.54) is 0 Å². The van der Waals surface area contributed by atoms with Crippen LogP contribution in [0.2, 0.25) is 5.02 Å². The summed E-state index contributed by atoms with van der Waals surface area (Å²) < 4.78 is 0. The average Bonchev–Trinajstić information content (AvgIpc) is 2.48. The van der Waals surface area contributed by atoms with Crippen LogP contribution >= 0.6 is 23.4 Å². The Morgan fingerprint density at radius 1 is 1.43 bits per heavy atom. The lowest BCUT2D eigenvalue weighted by Crippen LogP contribution is -2.42. The van der Waals surface area contributed by atoms with E-state index in [1.807, 2.05) is 54.8 Å². The number of aliphatic hydroxyl groups excluding tert-OH is 1. The molecule has 1 aliphatic rings. The number of aliphatic hydroxyl groups is 1. The van der Waals surface area contributed by atoms with Gasteiger partial charge in [-0.25, -0.2) is 0 Å². The first-order valence-electron chi connectivity index (χ1n) is 7.29. The monoisotopic (exact) mass is 327 g/mol. The van der Waals surface area contributed by atoms with Gasteiger partial charge in [-0.05, 0) is 23.6 Å². The average molecular weight is 328 g/mol. The smallest absolute Gasteiger partial charge is 0.225 e. The van der Waals surface area contributed by atoms with Gasteiger partial charge in [-0.3, -0.25) is 4.79 Å². The van der Waals surface area contributed by atoms with Gasteiger partial charge in [-0.15, -0.1) is 0 Å². The number of amides is 1. The molecule has 1 aliphatic heterocycles. The predicted molar refractivity (Wildman–Crippen MR) is 88.7 cm³/mol. The highest BCUT2D eigenvalue weighted by atomic mass is 35.5. The van der Waals surface area contributed by atoms with Crippen molar-refractivity contribution in [2.24, 2.45) is 5.92 Å². The second-order valence-corrected chi connectivity index (χ2v) is 7.33. The molecule has 0 aliphatic carbocycles. The molecule has 2 atom stereocenters. The van der Waals surface area contributed by atoms with E-state index in [0.717, 1.165) is 23.6 Å². The zero-order valence-corrected chi connectivity index (χ0v) is 14.0. The number of carbonyl (C=O) groups is 1. The molecular formula is C16H22ClNO2S. The number of thioether (sulfide) groups is 1. The fourth-order valence-corrected chi connectivity index (χ4v) is 3.61. The maximum absolute atomic E-state index is 12.5. The molecule has 1 aromatic carbocycles. The molecule has 1 amide bonds. The number of rotatable bonds is 4. The predicted octanol–water partition coefficient (Wildman–Crippen LogP) is 3.36. The van der Waals surface area contributed by atoms with Crippen LogP contribution in [0.1, 0.15) is 31.9 Å². The highest BCUT2D eigenvalue weighted by molar-refractivity contribution is 7.99. The van der Waals surface area contributed by atoms with Crippen LogP contribution in [0.4, 0.5) is 0 Å². The van der Waals surface area contributed by atoms with Gasteiger partial charge in [0, 0.05) is 23.1 Å². The molecule has 0 saturated carbocycles. The van der Waals surface area contributed by atoms with Gasteiger partial charge >= 0.3 is 0 Å². The standard InChI is InChI=1S/C16H22ClNO2S/c1-11(2)15(19)9-16(20)18-7-8-21-10-14(18)12-3-5-13(17)6-4-12/h3-6,11,14-15,19H,7-10H2,1-2H3. The van der Waals surface area contributed by atoms with E-state index in [2.05, 4.69) is 0 Å². The van der Waals surface area contributed by atoms with Crippen LogP contribution in [0, 0.1) is 5.92 Å². The summed E-state index contributed by atoms with van der Waals surface area (Å²) >= 11 is 7.79. The van der Waals surface area contributed by atoms with Crippen LogP contribution in [0.25, 0.3) is 0 Å². The number of hydrogen-bond acceptors (Lipinski definition) is 3. The van der Waals surface area contributed by atoms with Crippen molar-refractivity contribution in [3.63, 3.8) is 0 Å². The fourth-order valence-electron chi connectivity index (χ4n) is 2.40. The van der Waals surface area contributed by atoms with Gasteiger partial charge < -0.3 is 10.0 Å². The minimum absolute atomic E-state index is 0.0384. The Hall–Kier alpha value is -0.710. The van der Waals surface area contributed by atoms with Gasteiger partial charge in [0.1, 0.15) is 0 Å². The van der Waals surface area contributed by atoms with E-state index >= 15 is 0 Å². The Kier molecular flexibility index (Phi) is 5.97. The fraction of sp³-hybridized carbons (Fsp3) is 0.562. The largest absolute Gasteiger partial charge is 0.392 e. The van der Waals surface area contributed by atoms with Crippen molar-refractivity contribution in [2.75, 3.05) is 18.1 Å². The summed E-state index contributed by atoms with van der Waals surface area (Å²) in [4.78, 5) is 14.4. The summed E-state index contributed by atoms with van der Waals surface area (Å²) in [7, 11) is 0. The molecule has 0 spiro atoms. The van der Waals surface area contributed by atoms with Crippen LogP contribution in [-0.4, -0.2) is 40.1 Å². The number of benzene rings is 1. The molecule has 1 saturated heterocycles. The van der Waals surface area contributed by atoms with Crippen molar-refractivity contribution in [2.45, 2.75) is 32.4 Å². The van der Waals surface area contributed by atoms with Crippen molar-refractivity contribution in [1.82, 2.24) is 4.90 Å². The first-order chi connectivity index (χ1) is 9.99. The molecule has 1 heterocycles. The second kappa shape index (κ2) is 7.52. The van der Waals surface area contributed by atoms with Gasteiger partial charge in [0.2, 0.25) is 5.91 Å². The lowest BCUT2D eigenvalue weighted by atomic mass is 10.0. The molecular weight excluding hydrogens is 306 g/mol. The Morgan fingerprint density at radius 3 is 2.71 bits per heavy atom. The molecule has 1 aromatic rings. The van der Waals surface area contributed by atoms with Crippen LogP contribution in [0.3, 0.4) is 0 Å². The molecule has 5 heteroatoms. The summed E-state index contributed by atoms with van der Waals surface area (Å²) in [5, 5.41) is 10.7. The van der Waals surface area contributed by atoms with Crippen molar-refractivity contribution in [1.29, 1.82) is 0 Å². The first kappa shape index (κ1) is 16.7. The van der Waals surface area contributed by atoms with Crippen molar-refractivity contribution < 1.29 is 9.90 Å². The highest BCUT2D eigenvalue weighted by Gasteiger charge is 2.29. The molecule has 1 fully saturated rings. The molecule has 21 heavy (non-hydrogen) atoms. The lowest BCUT2D eigenvalue weighted by molar-refractivity contribution is -0.135. The molecule has 3 nitrogen and oxygen atoms in total. The third kappa shape index (κ3) is 4.38. The zero-order chi connectivity index (χ0) is 15.4. The van der Waals surface area contributed by atoms with Crippen LogP contribution in [0.15, 0.2) is 24.3 Å². The molecule has 116 valence electrons. The summed E-state index contributed by atoms with van der Waals surface area (Å²) in [6, 6.07) is 7.77.